The molecule has 0 saturated carbocycles. The fraction of sp³-hybridized carbons (Fsp3) is 0.167. The molecule has 3 aromatic rings. The van der Waals surface area contributed by atoms with Crippen LogP contribution in [0.15, 0.2) is 41.7 Å². The van der Waals surface area contributed by atoms with Gasteiger partial charge in [0.05, 0.1) is 6.04 Å². The standard InChI is InChI=1S/C12H10ClN5O/c1-8(11-15-3-2-4-16-11)18-9(13)7-10-14-5-6-17(10)12(18)19/h2-8H,1H3. The molecule has 96 valence electrons. The zero-order chi connectivity index (χ0) is 13.4. The lowest BCUT2D eigenvalue weighted by Crippen LogP contribution is -2.30. The van der Waals surface area contributed by atoms with Crippen LogP contribution in [0.25, 0.3) is 5.65 Å². The highest BCUT2D eigenvalue weighted by Gasteiger charge is 2.17. The van der Waals surface area contributed by atoms with Gasteiger partial charge in [0.25, 0.3) is 0 Å². The first-order chi connectivity index (χ1) is 9.18. The number of imidazole rings is 1. The lowest BCUT2D eigenvalue weighted by molar-refractivity contribution is 0.561. The van der Waals surface area contributed by atoms with Crippen molar-refractivity contribution in [2.75, 3.05) is 0 Å². The van der Waals surface area contributed by atoms with Gasteiger partial charge in [0.15, 0.2) is 5.82 Å². The second-order valence-corrected chi connectivity index (χ2v) is 4.45. The van der Waals surface area contributed by atoms with Gasteiger partial charge < -0.3 is 0 Å². The van der Waals surface area contributed by atoms with E-state index in [4.69, 9.17) is 11.6 Å². The predicted octanol–water partition coefficient (Wildman–Crippen LogP) is 1.55. The average molecular weight is 276 g/mol. The van der Waals surface area contributed by atoms with Crippen LogP contribution in [0.2, 0.25) is 5.15 Å². The molecule has 0 aliphatic rings. The average Bonchev–Trinajstić information content (AvgIpc) is 2.88. The van der Waals surface area contributed by atoms with E-state index in [1.807, 2.05) is 6.92 Å². The minimum atomic E-state index is -0.354. The van der Waals surface area contributed by atoms with E-state index < -0.39 is 0 Å². The summed E-state index contributed by atoms with van der Waals surface area (Å²) >= 11 is 6.16. The molecule has 3 rings (SSSR count). The van der Waals surface area contributed by atoms with Gasteiger partial charge in [0.1, 0.15) is 10.8 Å². The first kappa shape index (κ1) is 11.9. The van der Waals surface area contributed by atoms with Gasteiger partial charge >= 0.3 is 5.69 Å². The molecule has 0 aromatic carbocycles. The van der Waals surface area contributed by atoms with E-state index in [1.165, 1.54) is 8.97 Å². The third-order valence-corrected chi connectivity index (χ3v) is 3.20. The van der Waals surface area contributed by atoms with Crippen LogP contribution in [0.5, 0.6) is 0 Å². The van der Waals surface area contributed by atoms with Crippen LogP contribution in [0.1, 0.15) is 18.8 Å². The molecule has 0 radical (unpaired) electrons. The summed E-state index contributed by atoms with van der Waals surface area (Å²) in [5, 5.41) is 0.309. The number of halogens is 1. The van der Waals surface area contributed by atoms with Crippen molar-refractivity contribution in [1.82, 2.24) is 23.9 Å². The van der Waals surface area contributed by atoms with Crippen LogP contribution in [0, 0.1) is 0 Å². The van der Waals surface area contributed by atoms with Crippen molar-refractivity contribution in [3.8, 4) is 0 Å². The van der Waals surface area contributed by atoms with Crippen LogP contribution in [-0.2, 0) is 0 Å². The normalized spacial score (nSPS) is 12.7. The molecule has 0 N–H and O–H groups in total. The Labute approximate surface area is 113 Å². The Balaban J connectivity index is 2.22. The van der Waals surface area contributed by atoms with Gasteiger partial charge in [-0.25, -0.2) is 19.7 Å². The maximum atomic E-state index is 12.4. The minimum absolute atomic E-state index is 0.264. The third kappa shape index (κ3) is 1.90. The Morgan fingerprint density at radius 1 is 1.21 bits per heavy atom. The molecule has 1 atom stereocenters. The lowest BCUT2D eigenvalue weighted by Gasteiger charge is -2.15. The van der Waals surface area contributed by atoms with Gasteiger partial charge in [-0.3, -0.25) is 8.97 Å². The van der Waals surface area contributed by atoms with E-state index in [1.54, 1.807) is 36.9 Å². The van der Waals surface area contributed by atoms with Crippen molar-refractivity contribution in [3.05, 3.63) is 58.4 Å². The molecular weight excluding hydrogens is 266 g/mol. The van der Waals surface area contributed by atoms with Crippen LogP contribution in [0.3, 0.4) is 0 Å². The largest absolute Gasteiger partial charge is 0.335 e. The van der Waals surface area contributed by atoms with E-state index in [0.29, 0.717) is 16.6 Å². The summed E-state index contributed by atoms with van der Waals surface area (Å²) in [6, 6.07) is 3.01. The Morgan fingerprint density at radius 2 is 1.95 bits per heavy atom. The Kier molecular flexibility index (Phi) is 2.79. The number of fused-ring (bicyclic) bond motifs is 1. The quantitative estimate of drug-likeness (QED) is 0.666. The van der Waals surface area contributed by atoms with Gasteiger partial charge in [-0.2, -0.15) is 0 Å². The maximum absolute atomic E-state index is 12.4. The van der Waals surface area contributed by atoms with E-state index in [9.17, 15) is 4.79 Å². The molecule has 3 heterocycles. The first-order valence-corrected chi connectivity index (χ1v) is 6.07. The molecule has 7 heteroatoms. The first-order valence-electron chi connectivity index (χ1n) is 5.69. The summed E-state index contributed by atoms with van der Waals surface area (Å²) < 4.78 is 2.87. The van der Waals surface area contributed by atoms with Gasteiger partial charge in [-0.15, -0.1) is 0 Å². The summed E-state index contributed by atoms with van der Waals surface area (Å²) in [5.74, 6) is 0.533. The Bertz CT molecular complexity index is 780. The summed E-state index contributed by atoms with van der Waals surface area (Å²) in [6.45, 7) is 1.82. The fourth-order valence-electron chi connectivity index (χ4n) is 1.96. The second kappa shape index (κ2) is 4.47. The predicted molar refractivity (Wildman–Crippen MR) is 70.3 cm³/mol. The molecule has 19 heavy (non-hydrogen) atoms. The number of hydrogen-bond donors (Lipinski definition) is 0. The van der Waals surface area contributed by atoms with Crippen LogP contribution in [0.4, 0.5) is 0 Å². The van der Waals surface area contributed by atoms with Crippen molar-refractivity contribution >= 4 is 17.2 Å². The highest BCUT2D eigenvalue weighted by molar-refractivity contribution is 6.29. The summed E-state index contributed by atoms with van der Waals surface area (Å²) in [5.41, 5.74) is 0.257. The number of hydrogen-bond acceptors (Lipinski definition) is 4. The zero-order valence-corrected chi connectivity index (χ0v) is 10.8. The van der Waals surface area contributed by atoms with E-state index in [-0.39, 0.29) is 11.7 Å². The van der Waals surface area contributed by atoms with Crippen LogP contribution < -0.4 is 5.69 Å². The second-order valence-electron chi connectivity index (χ2n) is 4.06. The molecule has 0 saturated heterocycles. The van der Waals surface area contributed by atoms with Gasteiger partial charge in [0, 0.05) is 30.9 Å². The summed E-state index contributed by atoms with van der Waals surface area (Å²) in [4.78, 5) is 24.7. The molecule has 1 unspecified atom stereocenters. The molecule has 0 fully saturated rings. The van der Waals surface area contributed by atoms with Crippen LogP contribution >= 0.6 is 11.6 Å². The van der Waals surface area contributed by atoms with Crippen LogP contribution in [-0.4, -0.2) is 23.9 Å². The highest BCUT2D eigenvalue weighted by Crippen LogP contribution is 2.18. The molecule has 3 aromatic heterocycles. The van der Waals surface area contributed by atoms with Gasteiger partial charge in [-0.05, 0) is 13.0 Å². The molecule has 0 spiro atoms. The molecule has 6 nitrogen and oxygen atoms in total. The number of aromatic nitrogens is 5. The highest BCUT2D eigenvalue weighted by atomic mass is 35.5. The number of nitrogens with zero attached hydrogens (tertiary/aromatic N) is 5. The van der Waals surface area contributed by atoms with E-state index in [0.717, 1.165) is 0 Å². The maximum Gasteiger partial charge on any atom is 0.335 e. The fourth-order valence-corrected chi connectivity index (χ4v) is 2.28. The lowest BCUT2D eigenvalue weighted by atomic mass is 10.3. The zero-order valence-electron chi connectivity index (χ0n) is 10.1. The molecular formula is C12H10ClN5O. The molecule has 0 aliphatic carbocycles. The molecule has 0 amide bonds. The van der Waals surface area contributed by atoms with Gasteiger partial charge in [-0.1, -0.05) is 11.6 Å². The van der Waals surface area contributed by atoms with E-state index in [2.05, 4.69) is 15.0 Å². The van der Waals surface area contributed by atoms with Crippen molar-refractivity contribution in [2.45, 2.75) is 13.0 Å². The smallest absolute Gasteiger partial charge is 0.273 e. The monoisotopic (exact) mass is 275 g/mol. The van der Waals surface area contributed by atoms with E-state index >= 15 is 0 Å². The third-order valence-electron chi connectivity index (χ3n) is 2.91. The number of rotatable bonds is 2. The molecule has 0 bridgehead atoms. The SMILES string of the molecule is CC(c1ncccn1)n1c(Cl)cc2nccn2c1=O. The van der Waals surface area contributed by atoms with Crippen molar-refractivity contribution < 1.29 is 0 Å². The van der Waals surface area contributed by atoms with Gasteiger partial charge in [0.2, 0.25) is 0 Å². The molecule has 0 aliphatic heterocycles. The van der Waals surface area contributed by atoms with Crippen molar-refractivity contribution in [3.63, 3.8) is 0 Å². The van der Waals surface area contributed by atoms with Crippen molar-refractivity contribution in [2.24, 2.45) is 0 Å². The Hall–Kier alpha value is -2.21. The Morgan fingerprint density at radius 3 is 2.68 bits per heavy atom. The van der Waals surface area contributed by atoms with Crippen molar-refractivity contribution in [1.29, 1.82) is 0 Å². The topological polar surface area (TPSA) is 65.1 Å². The summed E-state index contributed by atoms with van der Waals surface area (Å²) in [7, 11) is 0. The summed E-state index contributed by atoms with van der Waals surface area (Å²) in [6.07, 6.45) is 6.42. The minimum Gasteiger partial charge on any atom is -0.273 e.